The predicted molar refractivity (Wildman–Crippen MR) is 297 cm³/mol. The lowest BCUT2D eigenvalue weighted by Crippen LogP contribution is -2.56. The van der Waals surface area contributed by atoms with Gasteiger partial charge in [-0.2, -0.15) is 10.2 Å². The second kappa shape index (κ2) is 24.7. The number of nitrogens with two attached hydrogens (primary N) is 1. The van der Waals surface area contributed by atoms with Gasteiger partial charge in [0, 0.05) is 78.7 Å². The smallest absolute Gasteiger partial charge is 0.412 e. The number of methoxy groups -OCH3 is 1. The van der Waals surface area contributed by atoms with Gasteiger partial charge in [-0.1, -0.05) is 31.2 Å². The number of rotatable bonds is 15. The van der Waals surface area contributed by atoms with Crippen molar-refractivity contribution in [2.24, 2.45) is 27.8 Å². The van der Waals surface area contributed by atoms with Gasteiger partial charge in [-0.3, -0.25) is 24.2 Å². The summed E-state index contributed by atoms with van der Waals surface area (Å²) in [6, 6.07) is 13.7. The van der Waals surface area contributed by atoms with Crippen molar-refractivity contribution in [1.29, 1.82) is 0 Å². The molecule has 1 saturated carbocycles. The Balaban J connectivity index is 0.760. The minimum absolute atomic E-state index is 0.0351. The summed E-state index contributed by atoms with van der Waals surface area (Å²) in [6.07, 6.45) is -0.417. The fourth-order valence-corrected chi connectivity index (χ4v) is 11.7. The second-order valence-corrected chi connectivity index (χ2v) is 21.4. The van der Waals surface area contributed by atoms with E-state index in [1.165, 1.54) is 44.4 Å². The number of aliphatic hydroxyl groups is 3. The molecule has 10 atom stereocenters. The third kappa shape index (κ3) is 11.8. The number of phenolic OH excluding ortho intramolecular Hbond substituents is 2. The topological polar surface area (TPSA) is 375 Å². The average Bonchev–Trinajstić information content (AvgIpc) is 0.837. The van der Waals surface area contributed by atoms with Crippen LogP contribution < -0.4 is 31.2 Å². The highest BCUT2D eigenvalue weighted by molar-refractivity contribution is 6.31. The number of pyridine rings is 1. The second-order valence-electron chi connectivity index (χ2n) is 21.4. The van der Waals surface area contributed by atoms with Crippen LogP contribution in [0.5, 0.6) is 23.0 Å². The Kier molecular flexibility index (Phi) is 17.2. The first-order valence-corrected chi connectivity index (χ1v) is 27.6. The van der Waals surface area contributed by atoms with Crippen molar-refractivity contribution >= 4 is 52.6 Å². The van der Waals surface area contributed by atoms with Crippen LogP contribution in [0.2, 0.25) is 0 Å². The van der Waals surface area contributed by atoms with E-state index in [9.17, 15) is 54.3 Å². The molecule has 3 amide bonds. The number of anilines is 1. The Morgan fingerprint density at radius 3 is 2.26 bits per heavy atom. The van der Waals surface area contributed by atoms with Crippen molar-refractivity contribution in [2.75, 3.05) is 19.0 Å². The molecule has 5 aromatic rings. The SMILES string of the molecule is CCCC(=O)Nc1ccc(C2=NN=C(c3ncccn3)C3CCC(N)C(NC(=O)Oc4ccc(COC(=O)NC5CC(OC6CC(O)(C(=O)CO)Cc7c(O)c8c(c(O)c76)C(=O)c6c(OC)cccc6C8=O)OC(C)C5O)cc4)CCC23)nc1. The number of nitrogens with one attached hydrogen (secondary N) is 3. The third-order valence-corrected chi connectivity index (χ3v) is 16.0. The van der Waals surface area contributed by atoms with Crippen molar-refractivity contribution < 1.29 is 78.0 Å². The summed E-state index contributed by atoms with van der Waals surface area (Å²) in [6.45, 7) is 2.05. The molecule has 10 N–H and O–H groups in total. The maximum Gasteiger partial charge on any atom is 0.412 e. The monoisotopic (exact) mass is 1150 g/mol. The minimum atomic E-state index is -2.40. The number of fused-ring (bicyclic) bond motifs is 4. The molecule has 3 aliphatic carbocycles. The normalized spacial score (nSPS) is 25.3. The van der Waals surface area contributed by atoms with Crippen LogP contribution in [0.15, 0.2) is 89.5 Å². The van der Waals surface area contributed by atoms with Gasteiger partial charge in [0.2, 0.25) is 11.7 Å². The Morgan fingerprint density at radius 1 is 0.833 bits per heavy atom. The van der Waals surface area contributed by atoms with E-state index in [2.05, 4.69) is 41.1 Å². The zero-order chi connectivity index (χ0) is 59.6. The van der Waals surface area contributed by atoms with Gasteiger partial charge in [0.25, 0.3) is 0 Å². The van der Waals surface area contributed by atoms with E-state index in [4.69, 9.17) is 29.4 Å². The summed E-state index contributed by atoms with van der Waals surface area (Å²) in [4.78, 5) is 93.7. The highest BCUT2D eigenvalue weighted by Gasteiger charge is 2.51. The molecule has 84 heavy (non-hydrogen) atoms. The van der Waals surface area contributed by atoms with Crippen LogP contribution in [-0.4, -0.2) is 143 Å². The van der Waals surface area contributed by atoms with Crippen LogP contribution in [0.4, 0.5) is 15.3 Å². The molecule has 2 aromatic heterocycles. The van der Waals surface area contributed by atoms with Crippen LogP contribution in [0.25, 0.3) is 0 Å². The summed E-state index contributed by atoms with van der Waals surface area (Å²) < 4.78 is 28.8. The number of benzene rings is 3. The molecule has 3 aromatic carbocycles. The van der Waals surface area contributed by atoms with Gasteiger partial charge in [-0.15, -0.1) is 0 Å². The summed E-state index contributed by atoms with van der Waals surface area (Å²) >= 11 is 0. The standard InChI is InChI=1S/C59H63N9O16/c1-4-7-43(71)64-30-12-18-38(63-25-30)49-32-16-19-37(36(60)17-15-33(32)50(68-67-49)56-61-20-6-21-62-56)65-58(78)83-31-13-10-29(11-14-31)27-81-57(77)66-39-22-44(82-28(2)51(39)72)84-41-24-59(79,42(70)26-69)23-35-46(41)55(76)48-47(53(35)74)52(73)34-8-5-9-40(80-3)45(34)54(48)75/h5-6,8-14,18,20-21,25,28,32-33,36-37,39,41,44,51,69,72,74,76,79H,4,7,15-17,19,22-24,26-27,60H2,1-3H3,(H,64,71)(H,65,78)(H,66,77). The Bertz CT molecular complexity index is 3440. The molecule has 1 saturated heterocycles. The Morgan fingerprint density at radius 2 is 1.55 bits per heavy atom. The quantitative estimate of drug-likeness (QED) is 0.0644. The molecule has 10 unspecified atom stereocenters. The molecule has 25 nitrogen and oxygen atoms in total. The van der Waals surface area contributed by atoms with E-state index in [-0.39, 0.29) is 64.5 Å². The highest BCUT2D eigenvalue weighted by Crippen LogP contribution is 2.53. The summed E-state index contributed by atoms with van der Waals surface area (Å²) in [5.74, 6) is -4.09. The number of alkyl carbamates (subject to hydrolysis) is 1. The van der Waals surface area contributed by atoms with E-state index in [0.717, 1.165) is 0 Å². The van der Waals surface area contributed by atoms with Crippen LogP contribution in [0, 0.1) is 11.8 Å². The van der Waals surface area contributed by atoms with Crippen molar-refractivity contribution in [1.82, 2.24) is 25.6 Å². The van der Waals surface area contributed by atoms with Gasteiger partial charge in [0.15, 0.2) is 23.7 Å². The van der Waals surface area contributed by atoms with Gasteiger partial charge in [0.1, 0.15) is 53.6 Å². The first kappa shape index (κ1) is 58.6. The average molecular weight is 1150 g/mol. The number of ketones is 3. The molecule has 4 heterocycles. The molecule has 25 heteroatoms. The Hall–Kier alpha value is -8.59. The number of amides is 3. The first-order valence-electron chi connectivity index (χ1n) is 27.6. The number of hydrogen-bond acceptors (Lipinski definition) is 22. The highest BCUT2D eigenvalue weighted by atomic mass is 16.7. The molecule has 0 radical (unpaired) electrons. The van der Waals surface area contributed by atoms with Gasteiger partial charge in [0.05, 0.1) is 65.3 Å². The molecular weight excluding hydrogens is 1090 g/mol. The van der Waals surface area contributed by atoms with E-state index in [0.29, 0.717) is 72.7 Å². The molecule has 5 aliphatic rings. The van der Waals surface area contributed by atoms with Gasteiger partial charge < -0.3 is 70.9 Å². The summed E-state index contributed by atoms with van der Waals surface area (Å²) in [5, 5.41) is 74.0. The number of aromatic nitrogens is 3. The number of carbonyl (C=O) groups is 6. The zero-order valence-corrected chi connectivity index (χ0v) is 46.0. The lowest BCUT2D eigenvalue weighted by atomic mass is 9.72. The zero-order valence-electron chi connectivity index (χ0n) is 46.0. The maximum atomic E-state index is 14.1. The van der Waals surface area contributed by atoms with Crippen molar-refractivity contribution in [3.8, 4) is 23.0 Å². The summed E-state index contributed by atoms with van der Waals surface area (Å²) in [5.41, 5.74) is 5.39. The van der Waals surface area contributed by atoms with Gasteiger partial charge in [-0.05, 0) is 81.0 Å². The van der Waals surface area contributed by atoms with E-state index in [1.54, 1.807) is 48.9 Å². The molecule has 0 bridgehead atoms. The fourth-order valence-electron chi connectivity index (χ4n) is 11.7. The maximum absolute atomic E-state index is 14.1. The van der Waals surface area contributed by atoms with Crippen molar-refractivity contribution in [3.05, 3.63) is 130 Å². The van der Waals surface area contributed by atoms with E-state index >= 15 is 0 Å². The molecule has 0 spiro atoms. The first-order chi connectivity index (χ1) is 40.4. The van der Waals surface area contributed by atoms with E-state index in [1.807, 2.05) is 6.92 Å². The molecule has 2 aliphatic heterocycles. The van der Waals surface area contributed by atoms with Gasteiger partial charge in [-0.25, -0.2) is 19.6 Å². The molecule has 440 valence electrons. The number of carbonyl (C=O) groups excluding carboxylic acids is 6. The van der Waals surface area contributed by atoms with Crippen molar-refractivity contribution in [3.63, 3.8) is 0 Å². The number of Topliss-reactive ketones (excluding diaryl/α,β-unsaturated/α-hetero) is 1. The minimum Gasteiger partial charge on any atom is -0.507 e. The van der Waals surface area contributed by atoms with Crippen molar-refractivity contribution in [2.45, 2.75) is 127 Å². The number of aliphatic hydroxyl groups excluding tert-OH is 2. The van der Waals surface area contributed by atoms with E-state index < -0.39 is 120 Å². The van der Waals surface area contributed by atoms with Crippen LogP contribution in [0.3, 0.4) is 0 Å². The van der Waals surface area contributed by atoms with Crippen LogP contribution in [-0.2, 0) is 36.8 Å². The summed E-state index contributed by atoms with van der Waals surface area (Å²) in [7, 11) is 1.29. The number of hydrogen-bond donors (Lipinski definition) is 9. The number of nitrogens with zero attached hydrogens (tertiary/aromatic N) is 5. The third-order valence-electron chi connectivity index (χ3n) is 16.0. The molecule has 2 fully saturated rings. The largest absolute Gasteiger partial charge is 0.507 e. The lowest BCUT2D eigenvalue weighted by Gasteiger charge is -2.42. The number of ether oxygens (including phenoxy) is 5. The fraction of sp³-hybridized carbons (Fsp3) is 0.407. The molecule has 10 rings (SSSR count). The number of phenols is 2. The number of aromatic hydroxyl groups is 2. The lowest BCUT2D eigenvalue weighted by molar-refractivity contribution is -0.249. The van der Waals surface area contributed by atoms with Crippen LogP contribution in [0.1, 0.15) is 131 Å². The van der Waals surface area contributed by atoms with Gasteiger partial charge >= 0.3 is 12.2 Å². The predicted octanol–water partition coefficient (Wildman–Crippen LogP) is 4.39. The van der Waals surface area contributed by atoms with Crippen LogP contribution >= 0.6 is 0 Å². The Labute approximate surface area is 480 Å². The molecular formula is C59H63N9O16.